The van der Waals surface area contributed by atoms with Crippen LogP contribution < -0.4 is 5.32 Å². The zero-order chi connectivity index (χ0) is 19.6. The summed E-state index contributed by atoms with van der Waals surface area (Å²) in [6.07, 6.45) is 2.32. The molecule has 0 bridgehead atoms. The highest BCUT2D eigenvalue weighted by Gasteiger charge is 2.37. The van der Waals surface area contributed by atoms with Crippen molar-refractivity contribution in [2.24, 2.45) is 0 Å². The normalized spacial score (nSPS) is 22.1. The summed E-state index contributed by atoms with van der Waals surface area (Å²) in [5.74, 6) is 0.183. The molecule has 0 aliphatic carbocycles. The van der Waals surface area contributed by atoms with E-state index in [0.29, 0.717) is 31.6 Å². The van der Waals surface area contributed by atoms with Crippen LogP contribution in [0.5, 0.6) is 0 Å². The van der Waals surface area contributed by atoms with Crippen LogP contribution in [0.1, 0.15) is 29.6 Å². The maximum atomic E-state index is 13.1. The van der Waals surface area contributed by atoms with Crippen molar-refractivity contribution in [1.29, 1.82) is 0 Å². The fourth-order valence-electron chi connectivity index (χ4n) is 4.04. The number of likely N-dealkylation sites (tertiary alicyclic amines) is 1. The summed E-state index contributed by atoms with van der Waals surface area (Å²) in [6.45, 7) is 1.71. The first-order valence-electron chi connectivity index (χ1n) is 9.74. The van der Waals surface area contributed by atoms with Gasteiger partial charge in [0.05, 0.1) is 5.75 Å². The molecule has 0 spiro atoms. The quantitative estimate of drug-likeness (QED) is 0.858. The Morgan fingerprint density at radius 1 is 0.964 bits per heavy atom. The van der Waals surface area contributed by atoms with Crippen molar-refractivity contribution in [1.82, 2.24) is 9.21 Å². The molecule has 1 atom stereocenters. The number of hydrogen-bond acceptors (Lipinski definition) is 4. The Balaban J connectivity index is 1.47. The molecule has 2 saturated heterocycles. The second-order valence-corrected chi connectivity index (χ2v) is 9.44. The Kier molecular flexibility index (Phi) is 5.37. The minimum absolute atomic E-state index is 0.0435. The third kappa shape index (κ3) is 4.05. The monoisotopic (exact) mass is 399 g/mol. The number of piperidine rings is 1. The molecular weight excluding hydrogens is 374 g/mol. The maximum absolute atomic E-state index is 13.1. The molecule has 4 rings (SSSR count). The van der Waals surface area contributed by atoms with E-state index in [9.17, 15) is 13.2 Å². The van der Waals surface area contributed by atoms with Crippen molar-refractivity contribution in [3.63, 3.8) is 0 Å². The lowest BCUT2D eigenvalue weighted by Crippen LogP contribution is -2.50. The van der Waals surface area contributed by atoms with E-state index >= 15 is 0 Å². The van der Waals surface area contributed by atoms with Crippen LogP contribution in [0, 0.1) is 0 Å². The lowest BCUT2D eigenvalue weighted by atomic mass is 10.0. The second-order valence-electron chi connectivity index (χ2n) is 7.40. The largest absolute Gasteiger partial charge is 0.356 e. The number of carbonyl (C=O) groups excluding carboxylic acids is 1. The number of hydrogen-bond donors (Lipinski definition) is 1. The van der Waals surface area contributed by atoms with E-state index in [1.54, 1.807) is 9.21 Å². The molecule has 2 fully saturated rings. The zero-order valence-electron chi connectivity index (χ0n) is 15.8. The van der Waals surface area contributed by atoms with Gasteiger partial charge in [-0.3, -0.25) is 4.79 Å². The Morgan fingerprint density at radius 3 is 2.50 bits per heavy atom. The number of para-hydroxylation sites is 1. The van der Waals surface area contributed by atoms with Gasteiger partial charge >= 0.3 is 0 Å². The van der Waals surface area contributed by atoms with Crippen LogP contribution in [0.15, 0.2) is 54.6 Å². The molecule has 148 valence electrons. The fraction of sp³-hybridized carbons (Fsp3) is 0.381. The van der Waals surface area contributed by atoms with E-state index in [2.05, 4.69) is 5.32 Å². The van der Waals surface area contributed by atoms with Crippen LogP contribution in [0.2, 0.25) is 0 Å². The van der Waals surface area contributed by atoms with Crippen LogP contribution in [0.25, 0.3) is 0 Å². The molecule has 0 radical (unpaired) electrons. The van der Waals surface area contributed by atoms with Crippen molar-refractivity contribution in [2.75, 3.05) is 30.7 Å². The lowest BCUT2D eigenvalue weighted by molar-refractivity contribution is 0.0658. The van der Waals surface area contributed by atoms with E-state index in [1.165, 1.54) is 0 Å². The summed E-state index contributed by atoms with van der Waals surface area (Å²) in [5, 5.41) is 3.31. The standard InChI is InChI=1S/C21H25N3O3S/c25-21(17-7-4-10-19(15-17)22-18-8-2-1-3-9-18)23-12-5-11-20(16-23)24-13-6-14-28(24,26)27/h1-4,7-10,15,20,22H,5-6,11-14,16H2. The lowest BCUT2D eigenvalue weighted by Gasteiger charge is -2.36. The molecule has 1 amide bonds. The Bertz CT molecular complexity index is 946. The summed E-state index contributed by atoms with van der Waals surface area (Å²) in [7, 11) is -3.16. The minimum Gasteiger partial charge on any atom is -0.356 e. The average Bonchev–Trinajstić information content (AvgIpc) is 3.07. The van der Waals surface area contributed by atoms with Gasteiger partial charge < -0.3 is 10.2 Å². The molecule has 0 aromatic heterocycles. The molecular formula is C21H25N3O3S. The number of rotatable bonds is 4. The summed E-state index contributed by atoms with van der Waals surface area (Å²) < 4.78 is 26.1. The smallest absolute Gasteiger partial charge is 0.253 e. The van der Waals surface area contributed by atoms with Gasteiger partial charge in [0.15, 0.2) is 0 Å². The van der Waals surface area contributed by atoms with Crippen molar-refractivity contribution in [2.45, 2.75) is 25.3 Å². The van der Waals surface area contributed by atoms with Crippen molar-refractivity contribution < 1.29 is 13.2 Å². The predicted molar refractivity (Wildman–Crippen MR) is 110 cm³/mol. The van der Waals surface area contributed by atoms with Gasteiger partial charge in [-0.15, -0.1) is 0 Å². The van der Waals surface area contributed by atoms with E-state index in [0.717, 1.165) is 24.2 Å². The maximum Gasteiger partial charge on any atom is 0.253 e. The van der Waals surface area contributed by atoms with Crippen LogP contribution in [-0.4, -0.2) is 55.0 Å². The number of amides is 1. The van der Waals surface area contributed by atoms with Gasteiger partial charge in [0, 0.05) is 42.6 Å². The Morgan fingerprint density at radius 2 is 1.75 bits per heavy atom. The van der Waals surface area contributed by atoms with E-state index in [4.69, 9.17) is 0 Å². The number of anilines is 2. The molecule has 2 aliphatic rings. The molecule has 2 heterocycles. The van der Waals surface area contributed by atoms with Crippen LogP contribution >= 0.6 is 0 Å². The van der Waals surface area contributed by atoms with E-state index in [1.807, 2.05) is 54.6 Å². The Hall–Kier alpha value is -2.38. The molecule has 0 saturated carbocycles. The molecule has 7 heteroatoms. The predicted octanol–water partition coefficient (Wildman–Crippen LogP) is 3.07. The van der Waals surface area contributed by atoms with Crippen molar-refractivity contribution >= 4 is 27.3 Å². The highest BCUT2D eigenvalue weighted by Crippen LogP contribution is 2.25. The summed E-state index contributed by atoms with van der Waals surface area (Å²) in [4.78, 5) is 14.9. The van der Waals surface area contributed by atoms with E-state index < -0.39 is 10.0 Å². The third-order valence-electron chi connectivity index (χ3n) is 5.40. The van der Waals surface area contributed by atoms with Crippen LogP contribution in [0.4, 0.5) is 11.4 Å². The summed E-state index contributed by atoms with van der Waals surface area (Å²) in [5.41, 5.74) is 2.43. The molecule has 2 aliphatic heterocycles. The number of carbonyl (C=O) groups is 1. The van der Waals surface area contributed by atoms with Gasteiger partial charge in [-0.1, -0.05) is 24.3 Å². The van der Waals surface area contributed by atoms with Crippen LogP contribution in [-0.2, 0) is 10.0 Å². The van der Waals surface area contributed by atoms with Gasteiger partial charge in [-0.25, -0.2) is 8.42 Å². The molecule has 1 N–H and O–H groups in total. The van der Waals surface area contributed by atoms with Crippen molar-refractivity contribution in [3.05, 3.63) is 60.2 Å². The van der Waals surface area contributed by atoms with E-state index in [-0.39, 0.29) is 17.7 Å². The highest BCUT2D eigenvalue weighted by atomic mass is 32.2. The fourth-order valence-corrected chi connectivity index (χ4v) is 5.81. The highest BCUT2D eigenvalue weighted by molar-refractivity contribution is 7.89. The van der Waals surface area contributed by atoms with Gasteiger partial charge in [0.25, 0.3) is 5.91 Å². The van der Waals surface area contributed by atoms with Crippen molar-refractivity contribution in [3.8, 4) is 0 Å². The first-order chi connectivity index (χ1) is 13.5. The second kappa shape index (κ2) is 7.93. The molecule has 2 aromatic carbocycles. The number of nitrogens with one attached hydrogen (secondary N) is 1. The zero-order valence-corrected chi connectivity index (χ0v) is 16.6. The SMILES string of the molecule is O=C(c1cccc(Nc2ccccc2)c1)N1CCCC(N2CCCS2(=O)=O)C1. The molecule has 28 heavy (non-hydrogen) atoms. The third-order valence-corrected chi connectivity index (χ3v) is 7.40. The number of sulfonamides is 1. The van der Waals surface area contributed by atoms with Gasteiger partial charge in [0.1, 0.15) is 0 Å². The molecule has 6 nitrogen and oxygen atoms in total. The minimum atomic E-state index is -3.16. The number of benzene rings is 2. The Labute approximate surface area is 166 Å². The topological polar surface area (TPSA) is 69.7 Å². The summed E-state index contributed by atoms with van der Waals surface area (Å²) >= 11 is 0. The van der Waals surface area contributed by atoms with Gasteiger partial charge in [-0.2, -0.15) is 4.31 Å². The average molecular weight is 400 g/mol. The summed E-state index contributed by atoms with van der Waals surface area (Å²) in [6, 6.07) is 17.2. The van der Waals surface area contributed by atoms with Gasteiger partial charge in [-0.05, 0) is 49.6 Å². The first-order valence-corrected chi connectivity index (χ1v) is 11.3. The van der Waals surface area contributed by atoms with Crippen LogP contribution in [0.3, 0.4) is 0 Å². The first kappa shape index (κ1) is 19.0. The van der Waals surface area contributed by atoms with Gasteiger partial charge in [0.2, 0.25) is 10.0 Å². The number of nitrogens with zero attached hydrogens (tertiary/aromatic N) is 2. The molecule has 2 aromatic rings. The molecule has 1 unspecified atom stereocenters.